The molecule has 1 heterocycles. The van der Waals surface area contributed by atoms with Crippen LogP contribution >= 0.6 is 0 Å². The van der Waals surface area contributed by atoms with E-state index in [4.69, 9.17) is 4.74 Å². The lowest BCUT2D eigenvalue weighted by molar-refractivity contribution is -0.106. The Morgan fingerprint density at radius 2 is 2.17 bits per heavy atom. The average Bonchev–Trinajstić information content (AvgIpc) is 2.75. The van der Waals surface area contributed by atoms with E-state index in [1.165, 1.54) is 6.42 Å². The zero-order valence-electron chi connectivity index (χ0n) is 12.3. The van der Waals surface area contributed by atoms with E-state index in [2.05, 4.69) is 43.3 Å². The monoisotopic (exact) mass is 253 g/mol. The van der Waals surface area contributed by atoms with Crippen molar-refractivity contribution in [2.24, 2.45) is 22.2 Å². The molecule has 3 unspecified atom stereocenters. The van der Waals surface area contributed by atoms with Crippen molar-refractivity contribution in [2.75, 3.05) is 20.2 Å². The predicted molar refractivity (Wildman–Crippen MR) is 74.8 cm³/mol. The van der Waals surface area contributed by atoms with E-state index in [-0.39, 0.29) is 5.41 Å². The molecule has 2 rings (SSSR count). The largest absolute Gasteiger partial charge is 0.377 e. The normalized spacial score (nSPS) is 34.1. The van der Waals surface area contributed by atoms with Gasteiger partial charge < -0.3 is 15.4 Å². The maximum Gasteiger partial charge on any atom is 0.191 e. The van der Waals surface area contributed by atoms with Gasteiger partial charge in [0.2, 0.25) is 0 Å². The third-order valence-corrected chi connectivity index (χ3v) is 4.29. The van der Waals surface area contributed by atoms with E-state index < -0.39 is 0 Å². The highest BCUT2D eigenvalue weighted by Crippen LogP contribution is 2.51. The summed E-state index contributed by atoms with van der Waals surface area (Å²) in [6, 6.07) is 0.475. The van der Waals surface area contributed by atoms with Crippen molar-refractivity contribution >= 4 is 5.96 Å². The van der Waals surface area contributed by atoms with Crippen LogP contribution in [0.2, 0.25) is 0 Å². The van der Waals surface area contributed by atoms with Crippen molar-refractivity contribution in [1.82, 2.24) is 10.6 Å². The first-order valence-corrected chi connectivity index (χ1v) is 7.05. The van der Waals surface area contributed by atoms with Gasteiger partial charge in [-0.25, -0.2) is 0 Å². The molecule has 2 fully saturated rings. The minimum absolute atomic E-state index is 0.205. The van der Waals surface area contributed by atoms with Gasteiger partial charge in [-0.2, -0.15) is 0 Å². The van der Waals surface area contributed by atoms with Gasteiger partial charge in [0, 0.05) is 37.6 Å². The van der Waals surface area contributed by atoms with Crippen LogP contribution in [0.4, 0.5) is 0 Å². The van der Waals surface area contributed by atoms with Crippen LogP contribution in [0.1, 0.15) is 34.1 Å². The number of nitrogens with one attached hydrogen (secondary N) is 2. The Balaban J connectivity index is 1.92. The summed E-state index contributed by atoms with van der Waals surface area (Å²) in [6.45, 7) is 10.8. The first kappa shape index (κ1) is 13.7. The number of hydrogen-bond acceptors (Lipinski definition) is 2. The maximum absolute atomic E-state index is 5.81. The van der Waals surface area contributed by atoms with Crippen molar-refractivity contribution in [2.45, 2.75) is 46.3 Å². The molecule has 18 heavy (non-hydrogen) atoms. The molecule has 104 valence electrons. The molecule has 3 atom stereocenters. The summed E-state index contributed by atoms with van der Waals surface area (Å²) in [5.41, 5.74) is 0.205. The van der Waals surface area contributed by atoms with E-state index in [0.717, 1.165) is 19.1 Å². The van der Waals surface area contributed by atoms with Gasteiger partial charge in [-0.15, -0.1) is 0 Å². The van der Waals surface area contributed by atoms with Crippen LogP contribution in [0.15, 0.2) is 4.99 Å². The zero-order chi connectivity index (χ0) is 13.3. The molecule has 0 radical (unpaired) electrons. The summed E-state index contributed by atoms with van der Waals surface area (Å²) in [5, 5.41) is 6.96. The fourth-order valence-electron chi connectivity index (χ4n) is 3.26. The van der Waals surface area contributed by atoms with Crippen molar-refractivity contribution in [3.8, 4) is 0 Å². The predicted octanol–water partition coefficient (Wildman–Crippen LogP) is 1.62. The van der Waals surface area contributed by atoms with E-state index >= 15 is 0 Å². The van der Waals surface area contributed by atoms with Crippen molar-refractivity contribution in [3.05, 3.63) is 0 Å². The molecule has 1 saturated heterocycles. The lowest BCUT2D eigenvalue weighted by Gasteiger charge is -2.54. The lowest BCUT2D eigenvalue weighted by Crippen LogP contribution is -2.68. The first-order valence-electron chi connectivity index (χ1n) is 7.05. The van der Waals surface area contributed by atoms with Crippen LogP contribution in [-0.4, -0.2) is 38.3 Å². The van der Waals surface area contributed by atoms with Crippen LogP contribution in [0.3, 0.4) is 0 Å². The molecule has 0 aromatic heterocycles. The minimum atomic E-state index is 0.205. The molecule has 0 spiro atoms. The Labute approximate surface area is 111 Å². The third kappa shape index (κ3) is 2.35. The highest BCUT2D eigenvalue weighted by atomic mass is 16.5. The maximum atomic E-state index is 5.81. The van der Waals surface area contributed by atoms with Crippen molar-refractivity contribution in [3.63, 3.8) is 0 Å². The summed E-state index contributed by atoms with van der Waals surface area (Å²) >= 11 is 0. The van der Waals surface area contributed by atoms with Gasteiger partial charge in [-0.1, -0.05) is 27.7 Å². The number of guanidine groups is 1. The zero-order valence-corrected chi connectivity index (χ0v) is 12.3. The van der Waals surface area contributed by atoms with E-state index in [1.54, 1.807) is 0 Å². The number of hydrogen-bond donors (Lipinski definition) is 2. The molecule has 0 amide bonds. The quantitative estimate of drug-likeness (QED) is 0.593. The highest BCUT2D eigenvalue weighted by Gasteiger charge is 2.59. The number of aliphatic imine (C=N–C) groups is 1. The Morgan fingerprint density at radius 1 is 1.44 bits per heavy atom. The Morgan fingerprint density at radius 3 is 2.78 bits per heavy atom. The molecule has 2 N–H and O–H groups in total. The SMILES string of the molecule is CN=C(NCC(C)C)NC1C2CCOC2C1(C)C. The molecular formula is C14H27N3O. The molecule has 2 aliphatic rings. The Kier molecular flexibility index (Phi) is 3.85. The number of ether oxygens (including phenoxy) is 1. The first-order chi connectivity index (χ1) is 8.46. The van der Waals surface area contributed by atoms with Crippen LogP contribution in [0.5, 0.6) is 0 Å². The Bertz CT molecular complexity index is 325. The summed E-state index contributed by atoms with van der Waals surface area (Å²) in [7, 11) is 1.84. The molecule has 4 heteroatoms. The van der Waals surface area contributed by atoms with Gasteiger partial charge in [0.25, 0.3) is 0 Å². The van der Waals surface area contributed by atoms with Gasteiger partial charge in [-0.3, -0.25) is 4.99 Å². The second-order valence-corrected chi connectivity index (χ2v) is 6.53. The van der Waals surface area contributed by atoms with E-state index in [0.29, 0.717) is 24.0 Å². The molecule has 0 aromatic carbocycles. The Hall–Kier alpha value is -0.770. The molecule has 0 bridgehead atoms. The number of rotatable bonds is 3. The standard InChI is InChI=1S/C14H27N3O/c1-9(2)8-16-13(15-5)17-11-10-6-7-18-12(10)14(11,3)4/h9-12H,6-8H2,1-5H3,(H2,15,16,17). The fourth-order valence-corrected chi connectivity index (χ4v) is 3.26. The summed E-state index contributed by atoms with van der Waals surface area (Å²) in [6.07, 6.45) is 1.60. The van der Waals surface area contributed by atoms with Crippen LogP contribution in [-0.2, 0) is 4.74 Å². The van der Waals surface area contributed by atoms with Crippen molar-refractivity contribution in [1.29, 1.82) is 0 Å². The molecule has 1 aliphatic heterocycles. The number of fused-ring (bicyclic) bond motifs is 1. The third-order valence-electron chi connectivity index (χ3n) is 4.29. The van der Waals surface area contributed by atoms with Crippen molar-refractivity contribution < 1.29 is 4.74 Å². The average molecular weight is 253 g/mol. The highest BCUT2D eigenvalue weighted by molar-refractivity contribution is 5.80. The summed E-state index contributed by atoms with van der Waals surface area (Å²) in [5.74, 6) is 2.20. The second-order valence-electron chi connectivity index (χ2n) is 6.53. The number of nitrogens with zero attached hydrogens (tertiary/aromatic N) is 1. The topological polar surface area (TPSA) is 45.7 Å². The van der Waals surface area contributed by atoms with Gasteiger partial charge in [-0.05, 0) is 12.3 Å². The van der Waals surface area contributed by atoms with Crippen LogP contribution in [0, 0.1) is 17.3 Å². The van der Waals surface area contributed by atoms with Gasteiger partial charge in [0.15, 0.2) is 5.96 Å². The molecule has 1 aliphatic carbocycles. The summed E-state index contributed by atoms with van der Waals surface area (Å²) in [4.78, 5) is 4.32. The molecule has 4 nitrogen and oxygen atoms in total. The molecule has 0 aromatic rings. The van der Waals surface area contributed by atoms with Crippen LogP contribution < -0.4 is 10.6 Å². The van der Waals surface area contributed by atoms with Crippen LogP contribution in [0.25, 0.3) is 0 Å². The molecule has 1 saturated carbocycles. The fraction of sp³-hybridized carbons (Fsp3) is 0.929. The smallest absolute Gasteiger partial charge is 0.191 e. The second kappa shape index (κ2) is 5.08. The lowest BCUT2D eigenvalue weighted by atomic mass is 9.57. The van der Waals surface area contributed by atoms with Gasteiger partial charge >= 0.3 is 0 Å². The molecular weight excluding hydrogens is 226 g/mol. The van der Waals surface area contributed by atoms with Gasteiger partial charge in [0.05, 0.1) is 6.10 Å². The summed E-state index contributed by atoms with van der Waals surface area (Å²) < 4.78 is 5.81. The van der Waals surface area contributed by atoms with Gasteiger partial charge in [0.1, 0.15) is 0 Å². The minimum Gasteiger partial charge on any atom is -0.377 e. The van der Waals surface area contributed by atoms with E-state index in [1.807, 2.05) is 7.05 Å². The van der Waals surface area contributed by atoms with E-state index in [9.17, 15) is 0 Å².